The maximum Gasteiger partial charge on any atom is 0.265 e. The van der Waals surface area contributed by atoms with Crippen LogP contribution in [0.2, 0.25) is 0 Å². The van der Waals surface area contributed by atoms with Gasteiger partial charge in [-0.3, -0.25) is 4.79 Å². The van der Waals surface area contributed by atoms with Gasteiger partial charge in [-0.25, -0.2) is 0 Å². The van der Waals surface area contributed by atoms with E-state index in [0.717, 1.165) is 18.8 Å². The lowest BCUT2D eigenvalue weighted by Gasteiger charge is -2.19. The van der Waals surface area contributed by atoms with Gasteiger partial charge in [0.1, 0.15) is 11.5 Å². The lowest BCUT2D eigenvalue weighted by molar-refractivity contribution is -0.122. The smallest absolute Gasteiger partial charge is 0.265 e. The van der Waals surface area contributed by atoms with Crippen molar-refractivity contribution in [3.8, 4) is 11.5 Å². The first-order valence-corrected chi connectivity index (χ1v) is 9.16. The molecule has 1 atom stereocenters. The molecule has 0 spiro atoms. The monoisotopic (exact) mass is 354 g/mol. The largest absolute Gasteiger partial charge is 0.497 e. The van der Waals surface area contributed by atoms with Crippen molar-refractivity contribution in [3.63, 3.8) is 0 Å². The molecule has 26 heavy (non-hydrogen) atoms. The van der Waals surface area contributed by atoms with Crippen molar-refractivity contribution >= 4 is 17.3 Å². The number of carbonyl (C=O) groups is 1. The fourth-order valence-corrected chi connectivity index (χ4v) is 3.11. The first-order valence-electron chi connectivity index (χ1n) is 9.16. The molecular formula is C21H26N2O3. The van der Waals surface area contributed by atoms with Crippen LogP contribution in [0.4, 0.5) is 11.4 Å². The quantitative estimate of drug-likeness (QED) is 0.814. The minimum atomic E-state index is -0.555. The molecule has 0 radical (unpaired) electrons. The van der Waals surface area contributed by atoms with Gasteiger partial charge >= 0.3 is 0 Å². The van der Waals surface area contributed by atoms with Crippen LogP contribution in [-0.4, -0.2) is 32.2 Å². The van der Waals surface area contributed by atoms with E-state index in [-0.39, 0.29) is 5.91 Å². The molecule has 2 aromatic carbocycles. The predicted octanol–water partition coefficient (Wildman–Crippen LogP) is 4.09. The van der Waals surface area contributed by atoms with Gasteiger partial charge in [0, 0.05) is 30.5 Å². The summed E-state index contributed by atoms with van der Waals surface area (Å²) in [4.78, 5) is 14.9. The Bertz CT molecular complexity index is 724. The average Bonchev–Trinajstić information content (AvgIpc) is 3.21. The van der Waals surface area contributed by atoms with Crippen LogP contribution < -0.4 is 19.7 Å². The number of anilines is 2. The van der Waals surface area contributed by atoms with E-state index >= 15 is 0 Å². The Balaban J connectivity index is 1.61. The molecule has 1 unspecified atom stereocenters. The van der Waals surface area contributed by atoms with E-state index in [1.54, 1.807) is 13.2 Å². The number of amides is 1. The average molecular weight is 354 g/mol. The van der Waals surface area contributed by atoms with E-state index < -0.39 is 6.10 Å². The molecule has 1 N–H and O–H groups in total. The zero-order valence-electron chi connectivity index (χ0n) is 15.4. The standard InChI is InChI=1S/C21H26N2O3/c1-3-20(26-19-8-6-7-18(15-19)25-2)21(24)22-16-9-11-17(12-10-16)23-13-4-5-14-23/h6-12,15,20H,3-5,13-14H2,1-2H3,(H,22,24). The van der Waals surface area contributed by atoms with Crippen molar-refractivity contribution in [1.29, 1.82) is 0 Å². The highest BCUT2D eigenvalue weighted by Gasteiger charge is 2.19. The number of hydrogen-bond donors (Lipinski definition) is 1. The minimum Gasteiger partial charge on any atom is -0.497 e. The number of methoxy groups -OCH3 is 1. The Labute approximate surface area is 154 Å². The molecule has 1 fully saturated rings. The van der Waals surface area contributed by atoms with Crippen molar-refractivity contribution in [3.05, 3.63) is 48.5 Å². The van der Waals surface area contributed by atoms with Crippen LogP contribution in [-0.2, 0) is 4.79 Å². The fraction of sp³-hybridized carbons (Fsp3) is 0.381. The summed E-state index contributed by atoms with van der Waals surface area (Å²) < 4.78 is 11.0. The van der Waals surface area contributed by atoms with Crippen LogP contribution in [0.25, 0.3) is 0 Å². The summed E-state index contributed by atoms with van der Waals surface area (Å²) in [5, 5.41) is 2.95. The van der Waals surface area contributed by atoms with Gasteiger partial charge < -0.3 is 19.7 Å². The first kappa shape index (κ1) is 18.1. The Morgan fingerprint density at radius 3 is 2.46 bits per heavy atom. The van der Waals surface area contributed by atoms with E-state index in [2.05, 4.69) is 22.3 Å². The molecule has 1 amide bonds. The van der Waals surface area contributed by atoms with Crippen molar-refractivity contribution in [1.82, 2.24) is 0 Å². The second-order valence-corrected chi connectivity index (χ2v) is 6.42. The maximum atomic E-state index is 12.6. The van der Waals surface area contributed by atoms with Crippen LogP contribution in [0, 0.1) is 0 Å². The van der Waals surface area contributed by atoms with Gasteiger partial charge in [0.2, 0.25) is 0 Å². The Morgan fingerprint density at radius 1 is 1.12 bits per heavy atom. The molecule has 3 rings (SSSR count). The van der Waals surface area contributed by atoms with Gasteiger partial charge in [-0.1, -0.05) is 13.0 Å². The molecule has 138 valence electrons. The summed E-state index contributed by atoms with van der Waals surface area (Å²) in [6, 6.07) is 15.3. The van der Waals surface area contributed by atoms with Crippen LogP contribution in [0.1, 0.15) is 26.2 Å². The number of benzene rings is 2. The van der Waals surface area contributed by atoms with Crippen LogP contribution in [0.5, 0.6) is 11.5 Å². The fourth-order valence-electron chi connectivity index (χ4n) is 3.11. The minimum absolute atomic E-state index is 0.149. The Hall–Kier alpha value is -2.69. The topological polar surface area (TPSA) is 50.8 Å². The molecule has 0 aromatic heterocycles. The van der Waals surface area contributed by atoms with E-state index in [0.29, 0.717) is 17.9 Å². The van der Waals surface area contributed by atoms with Gasteiger partial charge in [-0.05, 0) is 55.7 Å². The molecule has 1 aliphatic heterocycles. The highest BCUT2D eigenvalue weighted by Crippen LogP contribution is 2.23. The molecule has 0 saturated carbocycles. The summed E-state index contributed by atoms with van der Waals surface area (Å²) in [5.74, 6) is 1.18. The summed E-state index contributed by atoms with van der Waals surface area (Å²) in [6.45, 7) is 4.15. The van der Waals surface area contributed by atoms with Crippen LogP contribution in [0.3, 0.4) is 0 Å². The van der Waals surface area contributed by atoms with Crippen LogP contribution >= 0.6 is 0 Å². The molecule has 2 aromatic rings. The molecule has 0 bridgehead atoms. The lowest BCUT2D eigenvalue weighted by atomic mass is 10.2. The van der Waals surface area contributed by atoms with Crippen LogP contribution in [0.15, 0.2) is 48.5 Å². The number of rotatable bonds is 7. The van der Waals surface area contributed by atoms with E-state index in [1.807, 2.05) is 37.3 Å². The normalized spacial score (nSPS) is 14.8. The van der Waals surface area contributed by atoms with Gasteiger partial charge in [0.05, 0.1) is 7.11 Å². The van der Waals surface area contributed by atoms with E-state index in [1.165, 1.54) is 18.5 Å². The molecule has 5 heteroatoms. The number of hydrogen-bond acceptors (Lipinski definition) is 4. The molecule has 1 aliphatic rings. The first-order chi connectivity index (χ1) is 12.7. The number of nitrogens with zero attached hydrogens (tertiary/aromatic N) is 1. The summed E-state index contributed by atoms with van der Waals surface area (Å²) in [5.41, 5.74) is 1.99. The summed E-state index contributed by atoms with van der Waals surface area (Å²) in [6.07, 6.45) is 2.52. The highest BCUT2D eigenvalue weighted by molar-refractivity contribution is 5.94. The summed E-state index contributed by atoms with van der Waals surface area (Å²) in [7, 11) is 1.61. The predicted molar refractivity (Wildman–Crippen MR) is 104 cm³/mol. The van der Waals surface area contributed by atoms with Gasteiger partial charge in [-0.2, -0.15) is 0 Å². The van der Waals surface area contributed by atoms with Gasteiger partial charge in [0.15, 0.2) is 6.10 Å². The molecule has 5 nitrogen and oxygen atoms in total. The van der Waals surface area contributed by atoms with E-state index in [9.17, 15) is 4.79 Å². The van der Waals surface area contributed by atoms with Crippen molar-refractivity contribution < 1.29 is 14.3 Å². The second-order valence-electron chi connectivity index (χ2n) is 6.42. The molecule has 0 aliphatic carbocycles. The lowest BCUT2D eigenvalue weighted by Crippen LogP contribution is -2.32. The van der Waals surface area contributed by atoms with E-state index in [4.69, 9.17) is 9.47 Å². The number of carbonyl (C=O) groups excluding carboxylic acids is 1. The number of nitrogens with one attached hydrogen (secondary N) is 1. The second kappa shape index (κ2) is 8.61. The third kappa shape index (κ3) is 4.48. The Kier molecular flexibility index (Phi) is 6.00. The molecule has 1 saturated heterocycles. The molecule has 1 heterocycles. The van der Waals surface area contributed by atoms with Crippen molar-refractivity contribution in [2.45, 2.75) is 32.3 Å². The molecular weight excluding hydrogens is 328 g/mol. The van der Waals surface area contributed by atoms with Crippen molar-refractivity contribution in [2.24, 2.45) is 0 Å². The zero-order valence-corrected chi connectivity index (χ0v) is 15.4. The highest BCUT2D eigenvalue weighted by atomic mass is 16.5. The van der Waals surface area contributed by atoms with Crippen molar-refractivity contribution in [2.75, 3.05) is 30.4 Å². The Morgan fingerprint density at radius 2 is 1.81 bits per heavy atom. The number of ether oxygens (including phenoxy) is 2. The third-order valence-electron chi connectivity index (χ3n) is 4.59. The maximum absolute atomic E-state index is 12.6. The van der Waals surface area contributed by atoms with Gasteiger partial charge in [0.25, 0.3) is 5.91 Å². The SMILES string of the molecule is CCC(Oc1cccc(OC)c1)C(=O)Nc1ccc(N2CCCC2)cc1. The zero-order chi connectivity index (χ0) is 18.4. The summed E-state index contributed by atoms with van der Waals surface area (Å²) >= 11 is 0. The van der Waals surface area contributed by atoms with Gasteiger partial charge in [-0.15, -0.1) is 0 Å². The third-order valence-corrected chi connectivity index (χ3v) is 4.59.